The predicted molar refractivity (Wildman–Crippen MR) is 77.1 cm³/mol. The maximum Gasteiger partial charge on any atom is 0.0587 e. The van der Waals surface area contributed by atoms with Gasteiger partial charge in [-0.1, -0.05) is 13.8 Å². The van der Waals surface area contributed by atoms with E-state index in [4.69, 9.17) is 4.74 Å². The van der Waals surface area contributed by atoms with Crippen LogP contribution in [0.4, 0.5) is 0 Å². The van der Waals surface area contributed by atoms with Crippen LogP contribution in [0.1, 0.15) is 20.8 Å². The Bertz CT molecular complexity index is 203. The van der Waals surface area contributed by atoms with E-state index >= 15 is 0 Å². The van der Waals surface area contributed by atoms with Crippen LogP contribution < -0.4 is 5.32 Å². The molecule has 1 N–H and O–H groups in total. The molecular formula is C14H31N3O. The zero-order chi connectivity index (χ0) is 13.4. The van der Waals surface area contributed by atoms with Crippen molar-refractivity contribution in [3.8, 4) is 0 Å². The van der Waals surface area contributed by atoms with Crippen LogP contribution in [-0.4, -0.2) is 75.4 Å². The van der Waals surface area contributed by atoms with Crippen LogP contribution in [-0.2, 0) is 4.74 Å². The first-order valence-electron chi connectivity index (χ1n) is 7.29. The van der Waals surface area contributed by atoms with Crippen LogP contribution in [0, 0.1) is 5.92 Å². The fourth-order valence-electron chi connectivity index (χ4n) is 2.52. The fourth-order valence-corrected chi connectivity index (χ4v) is 2.52. The van der Waals surface area contributed by atoms with Crippen LogP contribution in [0.5, 0.6) is 0 Å². The first-order valence-corrected chi connectivity index (χ1v) is 7.29. The normalized spacial score (nSPS) is 20.5. The summed E-state index contributed by atoms with van der Waals surface area (Å²) in [5.74, 6) is 0.782. The highest BCUT2D eigenvalue weighted by Gasteiger charge is 2.20. The Kier molecular flexibility index (Phi) is 7.82. The van der Waals surface area contributed by atoms with Crippen LogP contribution >= 0.6 is 0 Å². The molecule has 0 spiro atoms. The molecule has 1 fully saturated rings. The molecule has 1 rings (SSSR count). The van der Waals surface area contributed by atoms with Gasteiger partial charge in [-0.15, -0.1) is 0 Å². The molecule has 0 amide bonds. The number of ether oxygens (including phenoxy) is 1. The molecule has 0 aromatic rings. The molecule has 1 saturated heterocycles. The summed E-state index contributed by atoms with van der Waals surface area (Å²) >= 11 is 0. The van der Waals surface area contributed by atoms with Gasteiger partial charge in [0.05, 0.1) is 6.61 Å². The van der Waals surface area contributed by atoms with E-state index in [0.717, 1.165) is 25.6 Å². The minimum absolute atomic E-state index is 0.628. The van der Waals surface area contributed by atoms with E-state index in [1.54, 1.807) is 7.11 Å². The third-order valence-corrected chi connectivity index (χ3v) is 3.58. The largest absolute Gasteiger partial charge is 0.383 e. The number of rotatable bonds is 8. The number of hydrogen-bond donors (Lipinski definition) is 1. The number of nitrogens with one attached hydrogen (secondary N) is 1. The van der Waals surface area contributed by atoms with Crippen molar-refractivity contribution in [2.75, 3.05) is 59.5 Å². The third kappa shape index (κ3) is 6.14. The average molecular weight is 257 g/mol. The van der Waals surface area contributed by atoms with Crippen LogP contribution in [0.3, 0.4) is 0 Å². The summed E-state index contributed by atoms with van der Waals surface area (Å²) in [7, 11) is 1.75. The van der Waals surface area contributed by atoms with Gasteiger partial charge in [-0.3, -0.25) is 4.90 Å². The van der Waals surface area contributed by atoms with E-state index in [0.29, 0.717) is 6.04 Å². The number of methoxy groups -OCH3 is 1. The van der Waals surface area contributed by atoms with E-state index in [1.165, 1.54) is 32.7 Å². The molecule has 1 heterocycles. The predicted octanol–water partition coefficient (Wildman–Crippen LogP) is 0.885. The molecule has 18 heavy (non-hydrogen) atoms. The first kappa shape index (κ1) is 15.9. The summed E-state index contributed by atoms with van der Waals surface area (Å²) in [6.45, 7) is 15.8. The fraction of sp³-hybridized carbons (Fsp3) is 1.00. The Morgan fingerprint density at radius 1 is 1.11 bits per heavy atom. The third-order valence-electron chi connectivity index (χ3n) is 3.58. The van der Waals surface area contributed by atoms with Crippen molar-refractivity contribution < 1.29 is 4.74 Å². The molecule has 0 radical (unpaired) electrons. The summed E-state index contributed by atoms with van der Waals surface area (Å²) < 4.78 is 5.04. The van der Waals surface area contributed by atoms with Gasteiger partial charge in [0, 0.05) is 59.0 Å². The summed E-state index contributed by atoms with van der Waals surface area (Å²) in [5, 5.41) is 3.45. The number of piperazine rings is 1. The van der Waals surface area contributed by atoms with E-state index in [-0.39, 0.29) is 0 Å². The van der Waals surface area contributed by atoms with Gasteiger partial charge in [0.1, 0.15) is 0 Å². The highest BCUT2D eigenvalue weighted by atomic mass is 16.5. The van der Waals surface area contributed by atoms with Crippen molar-refractivity contribution in [1.82, 2.24) is 15.1 Å². The van der Waals surface area contributed by atoms with E-state index in [1.807, 2.05) is 0 Å². The molecule has 0 aromatic heterocycles. The van der Waals surface area contributed by atoms with Crippen molar-refractivity contribution in [2.24, 2.45) is 5.92 Å². The van der Waals surface area contributed by atoms with Gasteiger partial charge >= 0.3 is 0 Å². The average Bonchev–Trinajstić information content (AvgIpc) is 2.34. The van der Waals surface area contributed by atoms with Crippen LogP contribution in [0.15, 0.2) is 0 Å². The molecule has 1 atom stereocenters. The van der Waals surface area contributed by atoms with E-state index in [2.05, 4.69) is 35.9 Å². The van der Waals surface area contributed by atoms with Crippen LogP contribution in [0.2, 0.25) is 0 Å². The van der Waals surface area contributed by atoms with Crippen molar-refractivity contribution in [3.63, 3.8) is 0 Å². The summed E-state index contributed by atoms with van der Waals surface area (Å²) in [5.41, 5.74) is 0. The first-order chi connectivity index (χ1) is 8.63. The number of nitrogens with zero attached hydrogens (tertiary/aromatic N) is 2. The standard InChI is InChI=1S/C14H31N3O/c1-13(2)12-16-6-8-17(9-7-16)14(3)11-15-5-10-18-4/h13-15H,5-12H2,1-4H3. The quantitative estimate of drug-likeness (QED) is 0.654. The second kappa shape index (κ2) is 8.86. The Morgan fingerprint density at radius 3 is 2.33 bits per heavy atom. The molecule has 0 aliphatic carbocycles. The Morgan fingerprint density at radius 2 is 1.78 bits per heavy atom. The maximum absolute atomic E-state index is 5.04. The van der Waals surface area contributed by atoms with Crippen molar-refractivity contribution in [3.05, 3.63) is 0 Å². The van der Waals surface area contributed by atoms with Gasteiger partial charge in [0.2, 0.25) is 0 Å². The Hall–Kier alpha value is -0.160. The molecule has 1 aliphatic heterocycles. The smallest absolute Gasteiger partial charge is 0.0587 e. The lowest BCUT2D eigenvalue weighted by Gasteiger charge is -2.38. The van der Waals surface area contributed by atoms with Gasteiger partial charge < -0.3 is 15.0 Å². The van der Waals surface area contributed by atoms with Gasteiger partial charge in [-0.25, -0.2) is 0 Å². The lowest BCUT2D eigenvalue weighted by atomic mass is 10.1. The second-order valence-corrected chi connectivity index (χ2v) is 5.78. The van der Waals surface area contributed by atoms with Gasteiger partial charge in [-0.05, 0) is 12.8 Å². The Labute approximate surface area is 113 Å². The van der Waals surface area contributed by atoms with Crippen molar-refractivity contribution in [2.45, 2.75) is 26.8 Å². The zero-order valence-corrected chi connectivity index (χ0v) is 12.6. The molecule has 1 aliphatic rings. The second-order valence-electron chi connectivity index (χ2n) is 5.78. The molecule has 0 bridgehead atoms. The summed E-state index contributed by atoms with van der Waals surface area (Å²) in [6, 6.07) is 0.628. The SMILES string of the molecule is COCCNCC(C)N1CCN(CC(C)C)CC1. The van der Waals surface area contributed by atoms with Crippen LogP contribution in [0.25, 0.3) is 0 Å². The molecule has 0 saturated carbocycles. The highest BCUT2D eigenvalue weighted by molar-refractivity contribution is 4.77. The molecular weight excluding hydrogens is 226 g/mol. The Balaban J connectivity index is 2.13. The zero-order valence-electron chi connectivity index (χ0n) is 12.6. The lowest BCUT2D eigenvalue weighted by molar-refractivity contribution is 0.0932. The molecule has 4 heteroatoms. The van der Waals surface area contributed by atoms with Gasteiger partial charge in [0.15, 0.2) is 0 Å². The molecule has 108 valence electrons. The highest BCUT2D eigenvalue weighted by Crippen LogP contribution is 2.07. The van der Waals surface area contributed by atoms with Gasteiger partial charge in [0.25, 0.3) is 0 Å². The summed E-state index contributed by atoms with van der Waals surface area (Å²) in [6.07, 6.45) is 0. The monoisotopic (exact) mass is 257 g/mol. The van der Waals surface area contributed by atoms with E-state index < -0.39 is 0 Å². The summed E-state index contributed by atoms with van der Waals surface area (Å²) in [4.78, 5) is 5.18. The number of hydrogen-bond acceptors (Lipinski definition) is 4. The van der Waals surface area contributed by atoms with Crippen molar-refractivity contribution >= 4 is 0 Å². The van der Waals surface area contributed by atoms with E-state index in [9.17, 15) is 0 Å². The van der Waals surface area contributed by atoms with Gasteiger partial charge in [-0.2, -0.15) is 0 Å². The molecule has 4 nitrogen and oxygen atoms in total. The molecule has 0 aromatic carbocycles. The van der Waals surface area contributed by atoms with Crippen molar-refractivity contribution in [1.29, 1.82) is 0 Å². The minimum Gasteiger partial charge on any atom is -0.383 e. The lowest BCUT2D eigenvalue weighted by Crippen LogP contribution is -2.52. The topological polar surface area (TPSA) is 27.7 Å². The molecule has 1 unspecified atom stereocenters. The minimum atomic E-state index is 0.628. The maximum atomic E-state index is 5.04.